The standard InChI is InChI=1S/C15H10BrNO2S2/c1-19-15(18)12-6-11-13(7-17-8-14(11)21-12)20-10-4-2-9(16)3-5-10/h2-8H,1H3. The molecule has 0 saturated carbocycles. The van der Waals surface area contributed by atoms with Gasteiger partial charge in [0.2, 0.25) is 0 Å². The lowest BCUT2D eigenvalue weighted by Gasteiger charge is -2.02. The molecule has 0 aliphatic rings. The van der Waals surface area contributed by atoms with Crippen LogP contribution < -0.4 is 0 Å². The zero-order chi connectivity index (χ0) is 14.8. The van der Waals surface area contributed by atoms with Gasteiger partial charge in [0.05, 0.1) is 11.8 Å². The van der Waals surface area contributed by atoms with E-state index in [-0.39, 0.29) is 5.97 Å². The van der Waals surface area contributed by atoms with E-state index in [0.29, 0.717) is 4.88 Å². The Labute approximate surface area is 138 Å². The third-order valence-corrected chi connectivity index (χ3v) is 5.47. The number of halogens is 1. The zero-order valence-electron chi connectivity index (χ0n) is 11.0. The molecular formula is C15H10BrNO2S2. The molecule has 0 atom stereocenters. The summed E-state index contributed by atoms with van der Waals surface area (Å²) in [6.45, 7) is 0. The van der Waals surface area contributed by atoms with E-state index in [1.165, 1.54) is 18.4 Å². The van der Waals surface area contributed by atoms with Crippen molar-refractivity contribution in [2.75, 3.05) is 7.11 Å². The third kappa shape index (κ3) is 3.12. The number of benzene rings is 1. The van der Waals surface area contributed by atoms with Crippen molar-refractivity contribution < 1.29 is 9.53 Å². The summed E-state index contributed by atoms with van der Waals surface area (Å²) in [7, 11) is 1.39. The topological polar surface area (TPSA) is 39.2 Å². The fourth-order valence-corrected chi connectivity index (χ4v) is 4.07. The molecule has 3 nitrogen and oxygen atoms in total. The number of ether oxygens (including phenoxy) is 1. The Bertz CT molecular complexity index is 799. The number of esters is 1. The van der Waals surface area contributed by atoms with Gasteiger partial charge in [0.15, 0.2) is 0 Å². The maximum absolute atomic E-state index is 11.6. The van der Waals surface area contributed by atoms with Gasteiger partial charge in [0, 0.05) is 32.0 Å². The lowest BCUT2D eigenvalue weighted by Crippen LogP contribution is -1.96. The minimum Gasteiger partial charge on any atom is -0.465 e. The molecule has 3 rings (SSSR count). The Kier molecular flexibility index (Phi) is 4.28. The lowest BCUT2D eigenvalue weighted by molar-refractivity contribution is 0.0606. The molecule has 0 bridgehead atoms. The van der Waals surface area contributed by atoms with Crippen LogP contribution in [0.3, 0.4) is 0 Å². The van der Waals surface area contributed by atoms with Crippen molar-refractivity contribution in [1.82, 2.24) is 4.98 Å². The molecule has 0 spiro atoms. The smallest absolute Gasteiger partial charge is 0.348 e. The molecule has 0 saturated heterocycles. The molecule has 106 valence electrons. The van der Waals surface area contributed by atoms with Crippen LogP contribution in [0.25, 0.3) is 10.1 Å². The highest BCUT2D eigenvalue weighted by Gasteiger charge is 2.13. The maximum atomic E-state index is 11.6. The summed E-state index contributed by atoms with van der Waals surface area (Å²) < 4.78 is 6.81. The molecule has 0 aliphatic heterocycles. The predicted octanol–water partition coefficient (Wildman–Crippen LogP) is 5.00. The molecule has 0 amide bonds. The van der Waals surface area contributed by atoms with Gasteiger partial charge in [-0.25, -0.2) is 4.79 Å². The third-order valence-electron chi connectivity index (χ3n) is 2.84. The predicted molar refractivity (Wildman–Crippen MR) is 89.2 cm³/mol. The zero-order valence-corrected chi connectivity index (χ0v) is 14.2. The number of thiophene rings is 1. The summed E-state index contributed by atoms with van der Waals surface area (Å²) in [6, 6.07) is 9.96. The van der Waals surface area contributed by atoms with E-state index < -0.39 is 0 Å². The van der Waals surface area contributed by atoms with Crippen LogP contribution in [0.15, 0.2) is 57.0 Å². The van der Waals surface area contributed by atoms with Gasteiger partial charge >= 0.3 is 5.97 Å². The van der Waals surface area contributed by atoms with Gasteiger partial charge in [-0.3, -0.25) is 4.98 Å². The SMILES string of the molecule is COC(=O)c1cc2c(Sc3ccc(Br)cc3)cncc2s1. The first-order valence-corrected chi connectivity index (χ1v) is 8.49. The molecule has 3 aromatic rings. The summed E-state index contributed by atoms with van der Waals surface area (Å²) in [5.41, 5.74) is 0. The van der Waals surface area contributed by atoms with E-state index in [4.69, 9.17) is 4.74 Å². The van der Waals surface area contributed by atoms with Crippen LogP contribution in [0.1, 0.15) is 9.67 Å². The Balaban J connectivity index is 2.00. The van der Waals surface area contributed by atoms with Crippen molar-refractivity contribution >= 4 is 55.1 Å². The highest BCUT2D eigenvalue weighted by molar-refractivity contribution is 9.10. The highest BCUT2D eigenvalue weighted by atomic mass is 79.9. The first kappa shape index (κ1) is 14.6. The molecular weight excluding hydrogens is 370 g/mol. The van der Waals surface area contributed by atoms with Crippen LogP contribution in [0, 0.1) is 0 Å². The Hall–Kier alpha value is -1.37. The van der Waals surface area contributed by atoms with Gasteiger partial charge < -0.3 is 4.74 Å². The Morgan fingerprint density at radius 2 is 2.05 bits per heavy atom. The van der Waals surface area contributed by atoms with E-state index in [0.717, 1.165) is 24.3 Å². The van der Waals surface area contributed by atoms with Crippen molar-refractivity contribution in [2.24, 2.45) is 0 Å². The van der Waals surface area contributed by atoms with E-state index in [1.54, 1.807) is 18.0 Å². The van der Waals surface area contributed by atoms with Crippen molar-refractivity contribution in [3.05, 3.63) is 52.1 Å². The van der Waals surface area contributed by atoms with Crippen molar-refractivity contribution in [2.45, 2.75) is 9.79 Å². The maximum Gasteiger partial charge on any atom is 0.348 e. The van der Waals surface area contributed by atoms with Crippen LogP contribution >= 0.6 is 39.0 Å². The monoisotopic (exact) mass is 379 g/mol. The molecule has 1 aromatic carbocycles. The first-order valence-electron chi connectivity index (χ1n) is 6.06. The Morgan fingerprint density at radius 3 is 2.76 bits per heavy atom. The van der Waals surface area contributed by atoms with Crippen LogP contribution in [0.2, 0.25) is 0 Å². The minimum atomic E-state index is -0.309. The molecule has 0 radical (unpaired) electrons. The molecule has 0 fully saturated rings. The van der Waals surface area contributed by atoms with Gasteiger partial charge in [-0.05, 0) is 30.3 Å². The Morgan fingerprint density at radius 1 is 1.29 bits per heavy atom. The molecule has 0 aliphatic carbocycles. The van der Waals surface area contributed by atoms with E-state index in [9.17, 15) is 4.79 Å². The minimum absolute atomic E-state index is 0.309. The second-order valence-corrected chi connectivity index (χ2v) is 7.32. The number of methoxy groups -OCH3 is 1. The highest BCUT2D eigenvalue weighted by Crippen LogP contribution is 2.36. The van der Waals surface area contributed by atoms with E-state index in [1.807, 2.05) is 36.5 Å². The van der Waals surface area contributed by atoms with Gasteiger partial charge in [0.1, 0.15) is 4.88 Å². The molecule has 21 heavy (non-hydrogen) atoms. The molecule has 0 unspecified atom stereocenters. The average Bonchev–Trinajstić information content (AvgIpc) is 2.94. The second-order valence-electron chi connectivity index (χ2n) is 4.21. The number of hydrogen-bond acceptors (Lipinski definition) is 5. The molecule has 2 aromatic heterocycles. The fourth-order valence-electron chi connectivity index (χ4n) is 1.85. The number of rotatable bonds is 3. The lowest BCUT2D eigenvalue weighted by atomic mass is 10.3. The van der Waals surface area contributed by atoms with Crippen LogP contribution in [-0.4, -0.2) is 18.1 Å². The van der Waals surface area contributed by atoms with Crippen molar-refractivity contribution in [3.8, 4) is 0 Å². The number of carbonyl (C=O) groups excluding carboxylic acids is 1. The van der Waals surface area contributed by atoms with E-state index >= 15 is 0 Å². The average molecular weight is 380 g/mol. The van der Waals surface area contributed by atoms with E-state index in [2.05, 4.69) is 20.9 Å². The summed E-state index contributed by atoms with van der Waals surface area (Å²) in [5, 5.41) is 1.03. The summed E-state index contributed by atoms with van der Waals surface area (Å²) in [6.07, 6.45) is 3.60. The van der Waals surface area contributed by atoms with Crippen molar-refractivity contribution in [1.29, 1.82) is 0 Å². The number of pyridine rings is 1. The number of carbonyl (C=O) groups is 1. The number of aromatic nitrogens is 1. The summed E-state index contributed by atoms with van der Waals surface area (Å²) in [5.74, 6) is -0.309. The quantitative estimate of drug-likeness (QED) is 0.600. The number of nitrogens with zero attached hydrogens (tertiary/aromatic N) is 1. The van der Waals surface area contributed by atoms with Crippen LogP contribution in [0.4, 0.5) is 0 Å². The summed E-state index contributed by atoms with van der Waals surface area (Å²) in [4.78, 5) is 18.6. The number of fused-ring (bicyclic) bond motifs is 1. The van der Waals surface area contributed by atoms with Gasteiger partial charge in [0.25, 0.3) is 0 Å². The second kappa shape index (κ2) is 6.17. The number of hydrogen-bond donors (Lipinski definition) is 0. The van der Waals surface area contributed by atoms with Gasteiger partial charge in [-0.1, -0.05) is 27.7 Å². The van der Waals surface area contributed by atoms with Crippen LogP contribution in [-0.2, 0) is 4.74 Å². The summed E-state index contributed by atoms with van der Waals surface area (Å²) >= 11 is 6.46. The molecule has 2 heterocycles. The fraction of sp³-hybridized carbons (Fsp3) is 0.0667. The van der Waals surface area contributed by atoms with Gasteiger partial charge in [-0.2, -0.15) is 0 Å². The van der Waals surface area contributed by atoms with Gasteiger partial charge in [-0.15, -0.1) is 11.3 Å². The van der Waals surface area contributed by atoms with Crippen LogP contribution in [0.5, 0.6) is 0 Å². The normalized spacial score (nSPS) is 10.8. The largest absolute Gasteiger partial charge is 0.465 e. The molecule has 0 N–H and O–H groups in total. The molecule has 6 heteroatoms. The van der Waals surface area contributed by atoms with Crippen molar-refractivity contribution in [3.63, 3.8) is 0 Å². The first-order chi connectivity index (χ1) is 10.2.